The van der Waals surface area contributed by atoms with Gasteiger partial charge >= 0.3 is 6.18 Å². The zero-order valence-corrected chi connectivity index (χ0v) is 18.6. The molecular weight excluding hydrogens is 478 g/mol. The SMILES string of the molecule is C[C@@H]1C[C@@H](Nc2ncncc2C(=O)c2ccn(Cc3cc(C(F)(F)F)ccc3Cl)n2)[C@@H](F)[C@@H]1O. The maximum absolute atomic E-state index is 14.4. The van der Waals surface area contributed by atoms with Crippen LogP contribution in [0.2, 0.25) is 5.02 Å². The largest absolute Gasteiger partial charge is 0.416 e. The van der Waals surface area contributed by atoms with E-state index in [-0.39, 0.29) is 40.1 Å². The van der Waals surface area contributed by atoms with Crippen LogP contribution >= 0.6 is 11.6 Å². The number of nitrogens with zero attached hydrogens (tertiary/aromatic N) is 4. The molecule has 3 aromatic rings. The number of carbonyl (C=O) groups excluding carboxylic acids is 1. The van der Waals surface area contributed by atoms with Crippen LogP contribution in [0.3, 0.4) is 0 Å². The van der Waals surface area contributed by atoms with Crippen molar-refractivity contribution in [2.75, 3.05) is 5.32 Å². The summed E-state index contributed by atoms with van der Waals surface area (Å²) < 4.78 is 54.7. The summed E-state index contributed by atoms with van der Waals surface area (Å²) in [7, 11) is 0. The van der Waals surface area contributed by atoms with Crippen molar-refractivity contribution in [2.24, 2.45) is 5.92 Å². The van der Waals surface area contributed by atoms with Gasteiger partial charge in [-0.05, 0) is 42.2 Å². The van der Waals surface area contributed by atoms with Crippen LogP contribution in [-0.4, -0.2) is 49.0 Å². The Balaban J connectivity index is 1.54. The Labute approximate surface area is 196 Å². The number of nitrogens with one attached hydrogen (secondary N) is 1. The van der Waals surface area contributed by atoms with Gasteiger partial charge in [0, 0.05) is 17.4 Å². The normalized spacial score (nSPS) is 22.7. The summed E-state index contributed by atoms with van der Waals surface area (Å²) in [4.78, 5) is 21.0. The maximum atomic E-state index is 14.4. The second-order valence-corrected chi connectivity index (χ2v) is 8.62. The van der Waals surface area contributed by atoms with Gasteiger partial charge in [0.05, 0.1) is 29.8 Å². The van der Waals surface area contributed by atoms with E-state index in [0.29, 0.717) is 6.42 Å². The van der Waals surface area contributed by atoms with Crippen molar-refractivity contribution in [3.63, 3.8) is 0 Å². The summed E-state index contributed by atoms with van der Waals surface area (Å²) in [6.07, 6.45) is -2.90. The van der Waals surface area contributed by atoms with Crippen molar-refractivity contribution in [3.8, 4) is 0 Å². The van der Waals surface area contributed by atoms with Crippen molar-refractivity contribution >= 4 is 23.2 Å². The standard InChI is InChI=1S/C22H20ClF4N5O2/c1-11-6-17(18(24)19(11)33)30-21-14(8-28-10-29-21)20(34)16-4-5-32(31-16)9-12-7-13(22(25,26)27)2-3-15(12)23/h2-5,7-8,10-11,17-19,33H,6,9H2,1H3,(H,28,29,30)/t11-,17-,18-,19-/m1/s1. The molecule has 180 valence electrons. The van der Waals surface area contributed by atoms with Crippen molar-refractivity contribution in [3.05, 3.63) is 70.4 Å². The molecule has 7 nitrogen and oxygen atoms in total. The van der Waals surface area contributed by atoms with E-state index in [1.807, 2.05) is 0 Å². The van der Waals surface area contributed by atoms with Gasteiger partial charge in [-0.3, -0.25) is 9.48 Å². The van der Waals surface area contributed by atoms with E-state index >= 15 is 0 Å². The van der Waals surface area contributed by atoms with Crippen LogP contribution < -0.4 is 5.32 Å². The summed E-state index contributed by atoms with van der Waals surface area (Å²) in [6.45, 7) is 1.64. The van der Waals surface area contributed by atoms with E-state index in [1.54, 1.807) is 6.92 Å². The summed E-state index contributed by atoms with van der Waals surface area (Å²) in [6, 6.07) is 3.66. The molecule has 0 radical (unpaired) electrons. The molecule has 2 aromatic heterocycles. The molecule has 0 unspecified atom stereocenters. The lowest BCUT2D eigenvalue weighted by molar-refractivity contribution is -0.137. The van der Waals surface area contributed by atoms with Gasteiger partial charge in [-0.25, -0.2) is 14.4 Å². The molecule has 0 aliphatic heterocycles. The monoisotopic (exact) mass is 497 g/mol. The molecule has 1 aliphatic carbocycles. The molecule has 1 saturated carbocycles. The summed E-state index contributed by atoms with van der Waals surface area (Å²) in [5, 5.41) is 17.0. The zero-order valence-electron chi connectivity index (χ0n) is 17.8. The molecule has 2 heterocycles. The Kier molecular flexibility index (Phi) is 6.59. The molecule has 0 spiro atoms. The average Bonchev–Trinajstić information content (AvgIpc) is 3.35. The van der Waals surface area contributed by atoms with E-state index in [1.165, 1.54) is 29.5 Å². The number of hydrogen-bond acceptors (Lipinski definition) is 6. The third-order valence-electron chi connectivity index (χ3n) is 5.78. The third kappa shape index (κ3) is 4.90. The van der Waals surface area contributed by atoms with Gasteiger partial charge in [-0.15, -0.1) is 0 Å². The molecule has 4 rings (SSSR count). The number of ketones is 1. The number of halogens is 5. The molecule has 34 heavy (non-hydrogen) atoms. The van der Waals surface area contributed by atoms with Crippen LogP contribution in [0.25, 0.3) is 0 Å². The van der Waals surface area contributed by atoms with Crippen molar-refractivity contribution < 1.29 is 27.5 Å². The Hall–Kier alpha value is -3.05. The highest BCUT2D eigenvalue weighted by atomic mass is 35.5. The molecule has 1 aliphatic rings. The summed E-state index contributed by atoms with van der Waals surface area (Å²) in [5.74, 6) is -0.713. The molecule has 12 heteroatoms. The Morgan fingerprint density at radius 1 is 1.32 bits per heavy atom. The predicted molar refractivity (Wildman–Crippen MR) is 115 cm³/mol. The molecule has 0 amide bonds. The summed E-state index contributed by atoms with van der Waals surface area (Å²) >= 11 is 6.05. The number of hydrogen-bond donors (Lipinski definition) is 2. The van der Waals surface area contributed by atoms with Crippen LogP contribution in [0, 0.1) is 5.92 Å². The molecule has 0 bridgehead atoms. The van der Waals surface area contributed by atoms with Crippen LogP contribution in [0.4, 0.5) is 23.4 Å². The molecular formula is C22H20ClF4N5O2. The minimum Gasteiger partial charge on any atom is -0.390 e. The molecule has 2 N–H and O–H groups in total. The van der Waals surface area contributed by atoms with Crippen molar-refractivity contribution in [2.45, 2.75) is 44.4 Å². The quantitative estimate of drug-likeness (QED) is 0.393. The Morgan fingerprint density at radius 2 is 2.09 bits per heavy atom. The average molecular weight is 498 g/mol. The smallest absolute Gasteiger partial charge is 0.390 e. The van der Waals surface area contributed by atoms with Crippen molar-refractivity contribution in [1.29, 1.82) is 0 Å². The summed E-state index contributed by atoms with van der Waals surface area (Å²) in [5.41, 5.74) is -0.611. The maximum Gasteiger partial charge on any atom is 0.416 e. The first-order chi connectivity index (χ1) is 16.0. The number of aromatic nitrogens is 4. The molecule has 1 aromatic carbocycles. The fourth-order valence-electron chi connectivity index (χ4n) is 3.90. The lowest BCUT2D eigenvalue weighted by Crippen LogP contribution is -2.32. The second kappa shape index (κ2) is 9.30. The number of aliphatic hydroxyl groups is 1. The highest BCUT2D eigenvalue weighted by Crippen LogP contribution is 2.33. The third-order valence-corrected chi connectivity index (χ3v) is 6.15. The lowest BCUT2D eigenvalue weighted by Gasteiger charge is -2.18. The Morgan fingerprint density at radius 3 is 2.76 bits per heavy atom. The number of carbonyl (C=O) groups is 1. The highest BCUT2D eigenvalue weighted by Gasteiger charge is 2.41. The van der Waals surface area contributed by atoms with Crippen LogP contribution in [0.5, 0.6) is 0 Å². The van der Waals surface area contributed by atoms with Crippen LogP contribution in [0.1, 0.15) is 40.5 Å². The topological polar surface area (TPSA) is 92.9 Å². The first-order valence-corrected chi connectivity index (χ1v) is 10.7. The number of rotatable bonds is 6. The van der Waals surface area contributed by atoms with Gasteiger partial charge in [0.2, 0.25) is 5.78 Å². The predicted octanol–water partition coefficient (Wildman–Crippen LogP) is 4.14. The number of aliphatic hydroxyl groups excluding tert-OH is 1. The number of benzene rings is 1. The Bertz CT molecular complexity index is 1200. The van der Waals surface area contributed by atoms with E-state index in [4.69, 9.17) is 11.6 Å². The molecule has 0 saturated heterocycles. The molecule has 1 fully saturated rings. The second-order valence-electron chi connectivity index (χ2n) is 8.22. The van der Waals surface area contributed by atoms with Crippen molar-refractivity contribution in [1.82, 2.24) is 19.7 Å². The van der Waals surface area contributed by atoms with Gasteiger partial charge in [-0.2, -0.15) is 18.3 Å². The van der Waals surface area contributed by atoms with Gasteiger partial charge < -0.3 is 10.4 Å². The van der Waals surface area contributed by atoms with Crippen LogP contribution in [0.15, 0.2) is 43.0 Å². The first kappa shape index (κ1) is 24.1. The zero-order chi connectivity index (χ0) is 24.6. The van der Waals surface area contributed by atoms with Gasteiger partial charge in [0.15, 0.2) is 0 Å². The van der Waals surface area contributed by atoms with Gasteiger partial charge in [0.25, 0.3) is 0 Å². The minimum absolute atomic E-state index is 0.00225. The van der Waals surface area contributed by atoms with Gasteiger partial charge in [0.1, 0.15) is 24.0 Å². The first-order valence-electron chi connectivity index (χ1n) is 10.4. The van der Waals surface area contributed by atoms with E-state index in [9.17, 15) is 27.5 Å². The lowest BCUT2D eigenvalue weighted by atomic mass is 10.1. The van der Waals surface area contributed by atoms with Gasteiger partial charge in [-0.1, -0.05) is 18.5 Å². The fourth-order valence-corrected chi connectivity index (χ4v) is 4.08. The van der Waals surface area contributed by atoms with Crippen LogP contribution in [-0.2, 0) is 12.7 Å². The van der Waals surface area contributed by atoms with E-state index < -0.39 is 35.8 Å². The number of anilines is 1. The van der Waals surface area contributed by atoms with E-state index in [0.717, 1.165) is 18.2 Å². The number of alkyl halides is 4. The fraction of sp³-hybridized carbons (Fsp3) is 0.364. The minimum atomic E-state index is -4.52. The highest BCUT2D eigenvalue weighted by molar-refractivity contribution is 6.31. The molecule has 4 atom stereocenters. The van der Waals surface area contributed by atoms with E-state index in [2.05, 4.69) is 20.4 Å².